The largest absolute Gasteiger partial charge is 0.333 e. The minimum atomic E-state index is -0.528. The minimum absolute atomic E-state index is 0.0566. The predicted molar refractivity (Wildman–Crippen MR) is 102 cm³/mol. The van der Waals surface area contributed by atoms with Crippen molar-refractivity contribution in [2.75, 3.05) is 16.8 Å². The molecule has 1 atom stereocenters. The molecule has 3 amide bonds. The van der Waals surface area contributed by atoms with Crippen LogP contribution in [-0.2, 0) is 4.79 Å². The van der Waals surface area contributed by atoms with E-state index in [0.717, 1.165) is 16.8 Å². The molecule has 1 heterocycles. The Hall–Kier alpha value is -3.42. The molecule has 2 aromatic carbocycles. The van der Waals surface area contributed by atoms with E-state index < -0.39 is 11.0 Å². The molecule has 3 rings (SSSR count). The molecular weight excluding hydrogens is 348 g/mol. The Balaban J connectivity index is 1.62. The van der Waals surface area contributed by atoms with Crippen LogP contribution in [0.1, 0.15) is 17.5 Å². The summed E-state index contributed by atoms with van der Waals surface area (Å²) < 4.78 is 0. The van der Waals surface area contributed by atoms with Gasteiger partial charge in [-0.1, -0.05) is 12.1 Å². The lowest BCUT2D eigenvalue weighted by atomic mass is 10.1. The van der Waals surface area contributed by atoms with E-state index in [1.165, 1.54) is 18.2 Å². The lowest BCUT2D eigenvalue weighted by Gasteiger charge is -2.18. The number of hydrogen-bond donors (Lipinski definition) is 2. The number of nitro benzene ring substituents is 1. The first-order valence-electron chi connectivity index (χ1n) is 8.53. The van der Waals surface area contributed by atoms with E-state index in [2.05, 4.69) is 10.6 Å². The quantitative estimate of drug-likeness (QED) is 0.639. The number of nitrogens with zero attached hydrogens (tertiary/aromatic N) is 2. The van der Waals surface area contributed by atoms with Gasteiger partial charge in [-0.05, 0) is 43.2 Å². The van der Waals surface area contributed by atoms with Crippen LogP contribution in [0.15, 0.2) is 42.5 Å². The molecule has 140 valence electrons. The molecule has 0 bridgehead atoms. The Morgan fingerprint density at radius 2 is 1.96 bits per heavy atom. The molecule has 1 unspecified atom stereocenters. The number of carbonyl (C=O) groups excluding carboxylic acids is 2. The zero-order chi connectivity index (χ0) is 19.6. The summed E-state index contributed by atoms with van der Waals surface area (Å²) in [5.41, 5.74) is 3.27. The van der Waals surface area contributed by atoms with Crippen LogP contribution in [0.3, 0.4) is 0 Å². The Kier molecular flexibility index (Phi) is 5.07. The van der Waals surface area contributed by atoms with Gasteiger partial charge >= 0.3 is 6.03 Å². The first kappa shape index (κ1) is 18.4. The lowest BCUT2D eigenvalue weighted by molar-refractivity contribution is -0.384. The molecule has 8 nitrogen and oxygen atoms in total. The summed E-state index contributed by atoms with van der Waals surface area (Å²) in [5, 5.41) is 16.1. The third-order valence-electron chi connectivity index (χ3n) is 4.58. The molecule has 0 radical (unpaired) electrons. The molecule has 1 aliphatic heterocycles. The van der Waals surface area contributed by atoms with Gasteiger partial charge in [0.25, 0.3) is 5.69 Å². The number of aryl methyl sites for hydroxylation is 2. The third kappa shape index (κ3) is 4.22. The molecule has 1 aliphatic rings. The number of amides is 3. The third-order valence-corrected chi connectivity index (χ3v) is 4.58. The fourth-order valence-electron chi connectivity index (χ4n) is 3.00. The molecule has 1 saturated heterocycles. The van der Waals surface area contributed by atoms with Gasteiger partial charge in [-0.2, -0.15) is 0 Å². The Labute approximate surface area is 156 Å². The van der Waals surface area contributed by atoms with Crippen molar-refractivity contribution in [3.63, 3.8) is 0 Å². The number of nitrogens with one attached hydrogen (secondary N) is 2. The van der Waals surface area contributed by atoms with Crippen molar-refractivity contribution in [1.29, 1.82) is 0 Å². The second-order valence-electron chi connectivity index (χ2n) is 6.58. The first-order valence-corrected chi connectivity index (χ1v) is 8.53. The molecular formula is C19H20N4O4. The SMILES string of the molecule is Cc1ccc(N2CC(NC(=O)Nc3cccc([N+](=O)[O-])c3)CC2=O)cc1C. The van der Waals surface area contributed by atoms with E-state index in [0.29, 0.717) is 12.2 Å². The second-order valence-corrected chi connectivity index (χ2v) is 6.58. The Bertz CT molecular complexity index is 912. The van der Waals surface area contributed by atoms with Gasteiger partial charge in [0.15, 0.2) is 0 Å². The summed E-state index contributed by atoms with van der Waals surface area (Å²) in [6, 6.07) is 10.7. The second kappa shape index (κ2) is 7.45. The zero-order valence-electron chi connectivity index (χ0n) is 15.1. The number of urea groups is 1. The van der Waals surface area contributed by atoms with Crippen LogP contribution in [0.5, 0.6) is 0 Å². The van der Waals surface area contributed by atoms with Crippen LogP contribution in [0.25, 0.3) is 0 Å². The highest BCUT2D eigenvalue weighted by Gasteiger charge is 2.31. The number of anilines is 2. The first-order chi connectivity index (χ1) is 12.8. The number of hydrogen-bond acceptors (Lipinski definition) is 4. The van der Waals surface area contributed by atoms with E-state index in [1.54, 1.807) is 11.0 Å². The van der Waals surface area contributed by atoms with Crippen molar-refractivity contribution >= 4 is 29.0 Å². The lowest BCUT2D eigenvalue weighted by Crippen LogP contribution is -2.39. The monoisotopic (exact) mass is 368 g/mol. The molecule has 0 aliphatic carbocycles. The predicted octanol–water partition coefficient (Wildman–Crippen LogP) is 3.14. The maximum atomic E-state index is 12.3. The van der Waals surface area contributed by atoms with Crippen molar-refractivity contribution in [3.8, 4) is 0 Å². The minimum Gasteiger partial charge on any atom is -0.333 e. The van der Waals surface area contributed by atoms with E-state index in [-0.39, 0.29) is 24.1 Å². The highest BCUT2D eigenvalue weighted by molar-refractivity contribution is 5.97. The summed E-state index contributed by atoms with van der Waals surface area (Å²) in [7, 11) is 0. The van der Waals surface area contributed by atoms with E-state index in [9.17, 15) is 19.7 Å². The normalized spacial score (nSPS) is 16.3. The number of non-ortho nitro benzene ring substituents is 1. The Morgan fingerprint density at radius 1 is 1.19 bits per heavy atom. The van der Waals surface area contributed by atoms with Crippen LogP contribution in [-0.4, -0.2) is 29.4 Å². The van der Waals surface area contributed by atoms with Crippen LogP contribution >= 0.6 is 0 Å². The molecule has 2 aromatic rings. The van der Waals surface area contributed by atoms with Gasteiger partial charge in [0.1, 0.15) is 0 Å². The van der Waals surface area contributed by atoms with Gasteiger partial charge < -0.3 is 15.5 Å². The summed E-state index contributed by atoms with van der Waals surface area (Å²) in [4.78, 5) is 36.4. The summed E-state index contributed by atoms with van der Waals surface area (Å²) >= 11 is 0. The number of benzene rings is 2. The van der Waals surface area contributed by atoms with Crippen LogP contribution in [0.2, 0.25) is 0 Å². The molecule has 2 N–H and O–H groups in total. The maximum Gasteiger partial charge on any atom is 0.319 e. The average Bonchev–Trinajstić information content (AvgIpc) is 2.97. The summed E-state index contributed by atoms with van der Waals surface area (Å²) in [5.74, 6) is -0.0566. The van der Waals surface area contributed by atoms with Crippen molar-refractivity contribution in [3.05, 3.63) is 63.7 Å². The molecule has 0 spiro atoms. The fourth-order valence-corrected chi connectivity index (χ4v) is 3.00. The van der Waals surface area contributed by atoms with Crippen LogP contribution in [0.4, 0.5) is 21.9 Å². The van der Waals surface area contributed by atoms with E-state index >= 15 is 0 Å². The van der Waals surface area contributed by atoms with Crippen LogP contribution in [0, 0.1) is 24.0 Å². The van der Waals surface area contributed by atoms with Gasteiger partial charge in [0, 0.05) is 36.5 Å². The van der Waals surface area contributed by atoms with Gasteiger partial charge in [-0.15, -0.1) is 0 Å². The number of carbonyl (C=O) groups is 2. The van der Waals surface area contributed by atoms with Crippen molar-refractivity contribution < 1.29 is 14.5 Å². The average molecular weight is 368 g/mol. The standard InChI is InChI=1S/C19H20N4O4/c1-12-6-7-16(8-13(12)2)22-11-15(10-18(22)24)21-19(25)20-14-4-3-5-17(9-14)23(26)27/h3-9,15H,10-11H2,1-2H3,(H2,20,21,25). The number of rotatable bonds is 4. The Morgan fingerprint density at radius 3 is 2.67 bits per heavy atom. The summed E-state index contributed by atoms with van der Waals surface area (Å²) in [6.45, 7) is 4.37. The van der Waals surface area contributed by atoms with Gasteiger partial charge in [0.2, 0.25) is 5.91 Å². The van der Waals surface area contributed by atoms with Gasteiger partial charge in [-0.25, -0.2) is 4.79 Å². The molecule has 1 fully saturated rings. The van der Waals surface area contributed by atoms with E-state index in [1.807, 2.05) is 32.0 Å². The fraction of sp³-hybridized carbons (Fsp3) is 0.263. The highest BCUT2D eigenvalue weighted by Crippen LogP contribution is 2.24. The zero-order valence-corrected chi connectivity index (χ0v) is 15.1. The summed E-state index contributed by atoms with van der Waals surface area (Å²) in [6.07, 6.45) is 0.204. The molecule has 8 heteroatoms. The van der Waals surface area contributed by atoms with Gasteiger partial charge in [0.05, 0.1) is 11.0 Å². The topological polar surface area (TPSA) is 105 Å². The molecule has 0 saturated carbocycles. The maximum absolute atomic E-state index is 12.3. The van der Waals surface area contributed by atoms with Crippen LogP contribution < -0.4 is 15.5 Å². The van der Waals surface area contributed by atoms with E-state index in [4.69, 9.17) is 0 Å². The van der Waals surface area contributed by atoms with Gasteiger partial charge in [-0.3, -0.25) is 14.9 Å². The van der Waals surface area contributed by atoms with Crippen molar-refractivity contribution in [2.45, 2.75) is 26.3 Å². The molecule has 27 heavy (non-hydrogen) atoms. The molecule has 0 aromatic heterocycles. The van der Waals surface area contributed by atoms with Crippen molar-refractivity contribution in [2.24, 2.45) is 0 Å². The number of nitro groups is 1. The van der Waals surface area contributed by atoms with Crippen molar-refractivity contribution in [1.82, 2.24) is 5.32 Å². The smallest absolute Gasteiger partial charge is 0.319 e. The highest BCUT2D eigenvalue weighted by atomic mass is 16.6.